The molecule has 0 fully saturated rings. The number of benzene rings is 4. The highest BCUT2D eigenvalue weighted by Gasteiger charge is 2.13. The zero-order chi connectivity index (χ0) is 23.6. The molecule has 0 amide bonds. The van der Waals surface area contributed by atoms with Gasteiger partial charge in [0, 0.05) is 33.1 Å². The average Bonchev–Trinajstić information content (AvgIpc) is 2.92. The van der Waals surface area contributed by atoms with Crippen LogP contribution < -0.4 is 0 Å². The molecule has 0 aliphatic carbocycles. The van der Waals surface area contributed by atoms with Crippen LogP contribution in [0.5, 0.6) is 0 Å². The molecule has 0 spiro atoms. The van der Waals surface area contributed by atoms with Gasteiger partial charge in [0.25, 0.3) is 0 Å². The van der Waals surface area contributed by atoms with Gasteiger partial charge in [0.1, 0.15) is 0 Å². The summed E-state index contributed by atoms with van der Waals surface area (Å²) in [5, 5.41) is 0. The van der Waals surface area contributed by atoms with Gasteiger partial charge in [0.05, 0.1) is 0 Å². The van der Waals surface area contributed by atoms with Crippen molar-refractivity contribution in [1.82, 2.24) is 0 Å². The SMILES string of the molecule is O=C(C=C(SSC(=CC(=O)c1ccccc1)c1ccccc1)c1ccccc1)c1ccccc1. The molecule has 0 radical (unpaired) electrons. The maximum atomic E-state index is 12.9. The molecule has 0 aliphatic rings. The second kappa shape index (κ2) is 12.0. The van der Waals surface area contributed by atoms with Crippen molar-refractivity contribution in [3.8, 4) is 0 Å². The Bertz CT molecular complexity index is 1190. The number of hydrogen-bond donors (Lipinski definition) is 0. The lowest BCUT2D eigenvalue weighted by Gasteiger charge is -2.10. The molecule has 0 unspecified atom stereocenters. The van der Waals surface area contributed by atoms with Gasteiger partial charge in [-0.15, -0.1) is 0 Å². The molecule has 0 aliphatic heterocycles. The third-order valence-corrected chi connectivity index (χ3v) is 7.46. The monoisotopic (exact) mass is 478 g/mol. The summed E-state index contributed by atoms with van der Waals surface area (Å²) in [4.78, 5) is 27.5. The summed E-state index contributed by atoms with van der Waals surface area (Å²) in [6.45, 7) is 0. The summed E-state index contributed by atoms with van der Waals surface area (Å²) < 4.78 is 0. The third kappa shape index (κ3) is 6.47. The molecule has 4 aromatic carbocycles. The number of hydrogen-bond acceptors (Lipinski definition) is 4. The van der Waals surface area contributed by atoms with Gasteiger partial charge in [-0.2, -0.15) is 0 Å². The first-order valence-corrected chi connectivity index (χ1v) is 12.9. The minimum atomic E-state index is -0.0573. The molecular formula is C30H22O2S2. The highest BCUT2D eigenvalue weighted by Crippen LogP contribution is 2.45. The van der Waals surface area contributed by atoms with Crippen LogP contribution in [-0.2, 0) is 0 Å². The van der Waals surface area contributed by atoms with Gasteiger partial charge in [-0.1, -0.05) is 143 Å². The van der Waals surface area contributed by atoms with Crippen LogP contribution in [0.2, 0.25) is 0 Å². The van der Waals surface area contributed by atoms with Crippen LogP contribution in [0.4, 0.5) is 0 Å². The van der Waals surface area contributed by atoms with E-state index in [0.717, 1.165) is 20.9 Å². The standard InChI is InChI=1S/C30H22O2S2/c31-27(23-13-5-1-6-14-23)21-29(25-17-9-3-10-18-25)33-34-30(26-19-11-4-12-20-26)22-28(32)24-15-7-2-8-16-24/h1-22H. The van der Waals surface area contributed by atoms with Gasteiger partial charge in [0.15, 0.2) is 11.6 Å². The van der Waals surface area contributed by atoms with Crippen molar-refractivity contribution in [2.45, 2.75) is 0 Å². The minimum absolute atomic E-state index is 0.0573. The largest absolute Gasteiger partial charge is 0.289 e. The van der Waals surface area contributed by atoms with Crippen molar-refractivity contribution in [2.24, 2.45) is 0 Å². The van der Waals surface area contributed by atoms with E-state index in [-0.39, 0.29) is 11.6 Å². The van der Waals surface area contributed by atoms with Crippen LogP contribution in [0.1, 0.15) is 31.8 Å². The average molecular weight is 479 g/mol. The summed E-state index contributed by atoms with van der Waals surface area (Å²) in [5.74, 6) is -0.115. The summed E-state index contributed by atoms with van der Waals surface area (Å²) in [6.07, 6.45) is 3.34. The van der Waals surface area contributed by atoms with Gasteiger partial charge in [0.2, 0.25) is 0 Å². The number of carbonyl (C=O) groups is 2. The highest BCUT2D eigenvalue weighted by molar-refractivity contribution is 8.83. The van der Waals surface area contributed by atoms with E-state index in [9.17, 15) is 9.59 Å². The quantitative estimate of drug-likeness (QED) is 0.138. The lowest BCUT2D eigenvalue weighted by molar-refractivity contribution is 0.103. The summed E-state index contributed by atoms with van der Waals surface area (Å²) in [5.41, 5.74) is 3.18. The molecule has 4 heteroatoms. The summed E-state index contributed by atoms with van der Waals surface area (Å²) in [6, 6.07) is 38.1. The number of rotatable bonds is 9. The molecule has 0 atom stereocenters. The first-order chi connectivity index (χ1) is 16.7. The maximum absolute atomic E-state index is 12.9. The molecule has 166 valence electrons. The Kier molecular flexibility index (Phi) is 8.33. The van der Waals surface area contributed by atoms with Crippen LogP contribution in [-0.4, -0.2) is 11.6 Å². The van der Waals surface area contributed by atoms with E-state index in [2.05, 4.69) is 0 Å². The predicted molar refractivity (Wildman–Crippen MR) is 146 cm³/mol. The van der Waals surface area contributed by atoms with Crippen molar-refractivity contribution in [1.29, 1.82) is 0 Å². The molecular weight excluding hydrogens is 456 g/mol. The normalized spacial score (nSPS) is 11.8. The predicted octanol–water partition coefficient (Wildman–Crippen LogP) is 8.22. The van der Waals surface area contributed by atoms with Gasteiger partial charge >= 0.3 is 0 Å². The molecule has 0 saturated heterocycles. The highest BCUT2D eigenvalue weighted by atomic mass is 33.1. The lowest BCUT2D eigenvalue weighted by Crippen LogP contribution is -1.96. The molecule has 0 aromatic heterocycles. The molecule has 0 bridgehead atoms. The first kappa shape index (κ1) is 23.6. The fraction of sp³-hybridized carbons (Fsp3) is 0. The van der Waals surface area contributed by atoms with Crippen LogP contribution in [0, 0.1) is 0 Å². The smallest absolute Gasteiger partial charge is 0.186 e. The van der Waals surface area contributed by atoms with Crippen molar-refractivity contribution < 1.29 is 9.59 Å². The second-order valence-corrected chi connectivity index (χ2v) is 9.59. The molecule has 0 heterocycles. The van der Waals surface area contributed by atoms with Gasteiger partial charge in [-0.25, -0.2) is 0 Å². The Balaban J connectivity index is 1.65. The molecule has 4 aromatic rings. The Hall–Kier alpha value is -3.60. The fourth-order valence-electron chi connectivity index (χ4n) is 3.22. The van der Waals surface area contributed by atoms with Crippen molar-refractivity contribution >= 4 is 43.0 Å². The Morgan fingerprint density at radius 1 is 0.412 bits per heavy atom. The molecule has 0 N–H and O–H groups in total. The van der Waals surface area contributed by atoms with E-state index in [1.165, 1.54) is 21.6 Å². The van der Waals surface area contributed by atoms with Crippen LogP contribution >= 0.6 is 21.6 Å². The molecule has 0 saturated carbocycles. The summed E-state index contributed by atoms with van der Waals surface area (Å²) in [7, 11) is 2.95. The molecule has 34 heavy (non-hydrogen) atoms. The topological polar surface area (TPSA) is 34.1 Å². The van der Waals surface area contributed by atoms with Crippen LogP contribution in [0.3, 0.4) is 0 Å². The summed E-state index contributed by atoms with van der Waals surface area (Å²) >= 11 is 0. The Morgan fingerprint density at radius 3 is 0.971 bits per heavy atom. The Morgan fingerprint density at radius 2 is 0.676 bits per heavy atom. The van der Waals surface area contributed by atoms with Gasteiger partial charge in [-0.05, 0) is 11.1 Å². The first-order valence-electron chi connectivity index (χ1n) is 10.8. The lowest BCUT2D eigenvalue weighted by atomic mass is 10.1. The van der Waals surface area contributed by atoms with Gasteiger partial charge in [-0.3, -0.25) is 9.59 Å². The van der Waals surface area contributed by atoms with Crippen molar-refractivity contribution in [3.05, 3.63) is 156 Å². The third-order valence-electron chi connectivity index (χ3n) is 4.98. The van der Waals surface area contributed by atoms with Crippen LogP contribution in [0.15, 0.2) is 133 Å². The van der Waals surface area contributed by atoms with E-state index >= 15 is 0 Å². The Labute approximate surface area is 207 Å². The van der Waals surface area contributed by atoms with Crippen LogP contribution in [0.25, 0.3) is 9.81 Å². The van der Waals surface area contributed by atoms with Crippen molar-refractivity contribution in [2.75, 3.05) is 0 Å². The maximum Gasteiger partial charge on any atom is 0.186 e. The number of carbonyl (C=O) groups excluding carboxylic acids is 2. The number of allylic oxidation sites excluding steroid dienone is 2. The number of ketones is 2. The van der Waals surface area contributed by atoms with E-state index in [4.69, 9.17) is 0 Å². The van der Waals surface area contributed by atoms with E-state index in [0.29, 0.717) is 11.1 Å². The van der Waals surface area contributed by atoms with E-state index in [1.54, 1.807) is 12.2 Å². The minimum Gasteiger partial charge on any atom is -0.289 e. The van der Waals surface area contributed by atoms with E-state index in [1.807, 2.05) is 121 Å². The zero-order valence-electron chi connectivity index (χ0n) is 18.3. The zero-order valence-corrected chi connectivity index (χ0v) is 20.0. The fourth-order valence-corrected chi connectivity index (χ4v) is 5.57. The molecule has 2 nitrogen and oxygen atoms in total. The van der Waals surface area contributed by atoms with Gasteiger partial charge < -0.3 is 0 Å². The van der Waals surface area contributed by atoms with E-state index < -0.39 is 0 Å². The second-order valence-electron chi connectivity index (χ2n) is 7.38. The molecule has 4 rings (SSSR count). The van der Waals surface area contributed by atoms with Crippen molar-refractivity contribution in [3.63, 3.8) is 0 Å².